The lowest BCUT2D eigenvalue weighted by molar-refractivity contribution is -0.121. The molecule has 0 spiro atoms. The van der Waals surface area contributed by atoms with E-state index in [9.17, 15) is 19.2 Å². The molecule has 3 rings (SSSR count). The zero-order valence-electron chi connectivity index (χ0n) is 18.0. The van der Waals surface area contributed by atoms with Crippen LogP contribution in [-0.2, 0) is 25.6 Å². The molecule has 1 fully saturated rings. The summed E-state index contributed by atoms with van der Waals surface area (Å²) in [6, 6.07) is 7.79. The fraction of sp³-hybridized carbons (Fsp3) is 0.391. The van der Waals surface area contributed by atoms with Gasteiger partial charge in [0.1, 0.15) is 0 Å². The molecule has 0 N–H and O–H groups in total. The number of amides is 2. The predicted octanol–water partition coefficient (Wildman–Crippen LogP) is 2.83. The maximum Gasteiger partial charge on any atom is 0.338 e. The van der Waals surface area contributed by atoms with Crippen molar-refractivity contribution < 1.29 is 28.7 Å². The number of ether oxygens (including phenoxy) is 2. The Bertz CT molecular complexity index is 990. The maximum absolute atomic E-state index is 12.6. The Labute approximate surface area is 180 Å². The number of carbonyl (C=O) groups excluding carboxylic acids is 4. The van der Waals surface area contributed by atoms with Crippen molar-refractivity contribution in [2.45, 2.75) is 39.7 Å². The maximum atomic E-state index is 12.6. The van der Waals surface area contributed by atoms with Crippen LogP contribution in [0, 0.1) is 13.8 Å². The first-order valence-corrected chi connectivity index (χ1v) is 10.1. The van der Waals surface area contributed by atoms with Crippen LogP contribution in [0.1, 0.15) is 51.4 Å². The Morgan fingerprint density at radius 1 is 1.03 bits per heavy atom. The predicted molar refractivity (Wildman–Crippen MR) is 113 cm³/mol. The van der Waals surface area contributed by atoms with Crippen molar-refractivity contribution in [2.24, 2.45) is 0 Å². The van der Waals surface area contributed by atoms with Gasteiger partial charge >= 0.3 is 5.97 Å². The second-order valence-corrected chi connectivity index (χ2v) is 7.45. The standard InChI is InChI=1S/C23H26N2O6/c1-15-13-19(16(2)24(15)11-4-12-30-3)20(26)14-31-23(29)17-5-7-18(8-6-17)25-21(27)9-10-22(25)28/h5-8,13H,4,9-12,14H2,1-3H3. The Hall–Kier alpha value is -3.26. The van der Waals surface area contributed by atoms with Gasteiger partial charge in [0.05, 0.1) is 11.3 Å². The van der Waals surface area contributed by atoms with Crippen LogP contribution < -0.4 is 4.90 Å². The minimum atomic E-state index is -0.645. The van der Waals surface area contributed by atoms with Gasteiger partial charge in [0, 0.05) is 50.1 Å². The number of carbonyl (C=O) groups is 4. The highest BCUT2D eigenvalue weighted by atomic mass is 16.5. The van der Waals surface area contributed by atoms with Gasteiger partial charge in [0.2, 0.25) is 17.6 Å². The topological polar surface area (TPSA) is 94.9 Å². The highest BCUT2D eigenvalue weighted by Gasteiger charge is 2.30. The largest absolute Gasteiger partial charge is 0.454 e. The van der Waals surface area contributed by atoms with E-state index in [0.717, 1.165) is 29.3 Å². The summed E-state index contributed by atoms with van der Waals surface area (Å²) in [5.74, 6) is -1.44. The zero-order valence-corrected chi connectivity index (χ0v) is 18.0. The van der Waals surface area contributed by atoms with E-state index in [1.807, 2.05) is 18.4 Å². The van der Waals surface area contributed by atoms with Crippen LogP contribution in [0.4, 0.5) is 5.69 Å². The van der Waals surface area contributed by atoms with Crippen LogP contribution in [0.5, 0.6) is 0 Å². The molecular formula is C23H26N2O6. The molecule has 31 heavy (non-hydrogen) atoms. The summed E-state index contributed by atoms with van der Waals surface area (Å²) in [7, 11) is 1.65. The van der Waals surface area contributed by atoms with E-state index in [2.05, 4.69) is 0 Å². The van der Waals surface area contributed by atoms with E-state index >= 15 is 0 Å². The van der Waals surface area contributed by atoms with E-state index in [1.54, 1.807) is 13.2 Å². The van der Waals surface area contributed by atoms with Gasteiger partial charge < -0.3 is 14.0 Å². The van der Waals surface area contributed by atoms with Crippen LogP contribution in [-0.4, -0.2) is 48.5 Å². The SMILES string of the molecule is COCCCn1c(C)cc(C(=O)COC(=O)c2ccc(N3C(=O)CCC3=O)cc2)c1C. The summed E-state index contributed by atoms with van der Waals surface area (Å²) >= 11 is 0. The molecule has 8 nitrogen and oxygen atoms in total. The Morgan fingerprint density at radius 2 is 1.68 bits per heavy atom. The van der Waals surface area contributed by atoms with Gasteiger partial charge in [-0.25, -0.2) is 4.79 Å². The van der Waals surface area contributed by atoms with Gasteiger partial charge in [-0.1, -0.05) is 0 Å². The Balaban J connectivity index is 1.60. The molecule has 2 aromatic rings. The van der Waals surface area contributed by atoms with Crippen LogP contribution in [0.15, 0.2) is 30.3 Å². The molecule has 2 amide bonds. The summed E-state index contributed by atoms with van der Waals surface area (Å²) in [6.07, 6.45) is 1.22. The van der Waals surface area contributed by atoms with Gasteiger partial charge in [0.15, 0.2) is 6.61 Å². The molecular weight excluding hydrogens is 400 g/mol. The average Bonchev–Trinajstić information content (AvgIpc) is 3.24. The van der Waals surface area contributed by atoms with E-state index in [-0.39, 0.29) is 42.6 Å². The van der Waals surface area contributed by atoms with Crippen LogP contribution in [0.25, 0.3) is 0 Å². The molecule has 1 aliphatic rings. The van der Waals surface area contributed by atoms with E-state index in [0.29, 0.717) is 17.9 Å². The Kier molecular flexibility index (Phi) is 7.02. The number of hydrogen-bond donors (Lipinski definition) is 0. The van der Waals surface area contributed by atoms with Gasteiger partial charge in [-0.15, -0.1) is 0 Å². The number of rotatable bonds is 9. The van der Waals surface area contributed by atoms with Crippen molar-refractivity contribution in [1.82, 2.24) is 4.57 Å². The molecule has 2 heterocycles. The first kappa shape index (κ1) is 22.4. The van der Waals surface area contributed by atoms with E-state index in [1.165, 1.54) is 24.3 Å². The number of methoxy groups -OCH3 is 1. The highest BCUT2D eigenvalue weighted by molar-refractivity contribution is 6.19. The van der Waals surface area contributed by atoms with Crippen LogP contribution >= 0.6 is 0 Å². The lowest BCUT2D eigenvalue weighted by atomic mass is 10.1. The van der Waals surface area contributed by atoms with Gasteiger partial charge in [-0.3, -0.25) is 19.3 Å². The van der Waals surface area contributed by atoms with Gasteiger partial charge in [-0.05, 0) is 50.6 Å². The zero-order chi connectivity index (χ0) is 22.5. The summed E-state index contributed by atoms with van der Waals surface area (Å²) < 4.78 is 12.3. The molecule has 0 aliphatic carbocycles. The lowest BCUT2D eigenvalue weighted by Gasteiger charge is -2.14. The molecule has 0 atom stereocenters. The number of Topliss-reactive ketones (excluding diaryl/α,β-unsaturated/α-hetero) is 1. The number of imide groups is 1. The molecule has 0 bridgehead atoms. The van der Waals surface area contributed by atoms with E-state index in [4.69, 9.17) is 9.47 Å². The number of aromatic nitrogens is 1. The second kappa shape index (κ2) is 9.70. The number of hydrogen-bond acceptors (Lipinski definition) is 6. The van der Waals surface area contributed by atoms with Gasteiger partial charge in [-0.2, -0.15) is 0 Å². The van der Waals surface area contributed by atoms with Crippen molar-refractivity contribution in [1.29, 1.82) is 0 Å². The molecule has 164 valence electrons. The molecule has 8 heteroatoms. The third-order valence-electron chi connectivity index (χ3n) is 5.35. The fourth-order valence-electron chi connectivity index (χ4n) is 3.70. The molecule has 1 aliphatic heterocycles. The van der Waals surface area contributed by atoms with Crippen LogP contribution in [0.3, 0.4) is 0 Å². The fourth-order valence-corrected chi connectivity index (χ4v) is 3.70. The van der Waals surface area contributed by atoms with Crippen molar-refractivity contribution in [3.05, 3.63) is 52.8 Å². The summed E-state index contributed by atoms with van der Waals surface area (Å²) in [5, 5.41) is 0. The number of anilines is 1. The molecule has 0 unspecified atom stereocenters. The normalized spacial score (nSPS) is 13.7. The molecule has 1 aromatic heterocycles. The first-order valence-electron chi connectivity index (χ1n) is 10.1. The van der Waals surface area contributed by atoms with Crippen molar-refractivity contribution in [3.63, 3.8) is 0 Å². The minimum absolute atomic E-state index is 0.192. The monoisotopic (exact) mass is 426 g/mol. The van der Waals surface area contributed by atoms with Gasteiger partial charge in [0.25, 0.3) is 0 Å². The summed E-state index contributed by atoms with van der Waals surface area (Å²) in [5.41, 5.74) is 2.98. The molecule has 1 aromatic carbocycles. The van der Waals surface area contributed by atoms with Crippen molar-refractivity contribution >= 4 is 29.3 Å². The number of ketones is 1. The number of nitrogens with zero attached hydrogens (tertiary/aromatic N) is 2. The molecule has 0 saturated carbocycles. The molecule has 0 radical (unpaired) electrons. The quantitative estimate of drug-likeness (QED) is 0.265. The first-order chi connectivity index (χ1) is 14.8. The Morgan fingerprint density at radius 3 is 2.29 bits per heavy atom. The number of esters is 1. The minimum Gasteiger partial charge on any atom is -0.454 e. The summed E-state index contributed by atoms with van der Waals surface area (Å²) in [4.78, 5) is 49.7. The van der Waals surface area contributed by atoms with Crippen molar-refractivity contribution in [2.75, 3.05) is 25.2 Å². The average molecular weight is 426 g/mol. The number of benzene rings is 1. The molecule has 1 saturated heterocycles. The lowest BCUT2D eigenvalue weighted by Crippen LogP contribution is -2.28. The smallest absolute Gasteiger partial charge is 0.338 e. The highest BCUT2D eigenvalue weighted by Crippen LogP contribution is 2.23. The summed E-state index contributed by atoms with van der Waals surface area (Å²) in [6.45, 7) is 4.81. The third-order valence-corrected chi connectivity index (χ3v) is 5.35. The number of aryl methyl sites for hydroxylation is 1. The van der Waals surface area contributed by atoms with Crippen molar-refractivity contribution in [3.8, 4) is 0 Å². The third kappa shape index (κ3) is 4.91. The van der Waals surface area contributed by atoms with E-state index < -0.39 is 5.97 Å². The van der Waals surface area contributed by atoms with Crippen LogP contribution in [0.2, 0.25) is 0 Å². The second-order valence-electron chi connectivity index (χ2n) is 7.45.